The highest BCUT2D eigenvalue weighted by Crippen LogP contribution is 2.44. The molecule has 3 heterocycles. The van der Waals surface area contributed by atoms with Gasteiger partial charge in [-0.3, -0.25) is 0 Å². The number of hydrogen-bond acceptors (Lipinski definition) is 4. The summed E-state index contributed by atoms with van der Waals surface area (Å²) in [5.41, 5.74) is 2.44. The van der Waals surface area contributed by atoms with E-state index < -0.39 is 0 Å². The van der Waals surface area contributed by atoms with Crippen LogP contribution < -0.4 is 4.74 Å². The minimum absolute atomic E-state index is 0.0161. The van der Waals surface area contributed by atoms with Gasteiger partial charge in [0.25, 0.3) is 0 Å². The van der Waals surface area contributed by atoms with Gasteiger partial charge in [0.2, 0.25) is 0 Å². The summed E-state index contributed by atoms with van der Waals surface area (Å²) in [5, 5.41) is 9.17. The Morgan fingerprint density at radius 3 is 2.86 bits per heavy atom. The number of para-hydroxylation sites is 1. The molecular weight excluding hydrogens is 280 g/mol. The number of nitrogens with zero attached hydrogens (tertiary/aromatic N) is 2. The Balaban J connectivity index is 1.76. The lowest BCUT2D eigenvalue weighted by atomic mass is 9.97. The maximum Gasteiger partial charge on any atom is 0.190 e. The molecule has 0 bridgehead atoms. The summed E-state index contributed by atoms with van der Waals surface area (Å²) in [6.45, 7) is 4.38. The first-order valence-corrected chi connectivity index (χ1v) is 8.27. The van der Waals surface area contributed by atoms with Gasteiger partial charge in [0.05, 0.1) is 16.6 Å². The third kappa shape index (κ3) is 2.05. The van der Waals surface area contributed by atoms with E-state index in [1.165, 1.54) is 16.2 Å². The number of fused-ring (bicyclic) bond motifs is 3. The van der Waals surface area contributed by atoms with E-state index in [0.717, 1.165) is 12.2 Å². The summed E-state index contributed by atoms with van der Waals surface area (Å²) in [6, 6.07) is 12.9. The molecule has 2 aliphatic heterocycles. The van der Waals surface area contributed by atoms with Crippen molar-refractivity contribution in [1.29, 1.82) is 0 Å². The molecule has 0 spiro atoms. The lowest BCUT2D eigenvalue weighted by molar-refractivity contribution is -0.0461. The Morgan fingerprint density at radius 1 is 1.24 bits per heavy atom. The van der Waals surface area contributed by atoms with Crippen molar-refractivity contribution < 1.29 is 4.74 Å². The molecule has 0 fully saturated rings. The smallest absolute Gasteiger partial charge is 0.190 e. The second-order valence-electron chi connectivity index (χ2n) is 5.91. The van der Waals surface area contributed by atoms with Crippen molar-refractivity contribution in [2.45, 2.75) is 32.5 Å². The van der Waals surface area contributed by atoms with Gasteiger partial charge in [-0.15, -0.1) is 11.3 Å². The summed E-state index contributed by atoms with van der Waals surface area (Å²) >= 11 is 1.76. The van der Waals surface area contributed by atoms with Gasteiger partial charge in [0.1, 0.15) is 5.75 Å². The number of ether oxygens (including phenoxy) is 1. The summed E-state index contributed by atoms with van der Waals surface area (Å²) in [6.07, 6.45) is 0.978. The van der Waals surface area contributed by atoms with Crippen LogP contribution in [-0.2, 0) is 0 Å². The zero-order valence-corrected chi connectivity index (χ0v) is 13.0. The molecule has 3 nitrogen and oxygen atoms in total. The van der Waals surface area contributed by atoms with E-state index in [1.54, 1.807) is 11.3 Å². The molecule has 0 N–H and O–H groups in total. The van der Waals surface area contributed by atoms with Gasteiger partial charge in [0.15, 0.2) is 6.23 Å². The topological polar surface area (TPSA) is 24.8 Å². The van der Waals surface area contributed by atoms with Gasteiger partial charge in [0, 0.05) is 17.9 Å². The highest BCUT2D eigenvalue weighted by Gasteiger charge is 2.41. The van der Waals surface area contributed by atoms with Gasteiger partial charge in [-0.05, 0) is 17.5 Å². The van der Waals surface area contributed by atoms with Crippen LogP contribution in [0.4, 0.5) is 0 Å². The maximum atomic E-state index is 6.20. The Kier molecular flexibility index (Phi) is 3.00. The van der Waals surface area contributed by atoms with E-state index in [1.807, 2.05) is 6.07 Å². The molecule has 0 radical (unpaired) electrons. The SMILES string of the molecule is CC(C)[C@@H]1Oc2ccccc2[C@@H]2CC(c3cccs3)=NN21. The lowest BCUT2D eigenvalue weighted by Crippen LogP contribution is -2.43. The molecule has 0 aliphatic carbocycles. The average Bonchev–Trinajstić information content (AvgIpc) is 3.15. The normalized spacial score (nSPS) is 23.6. The summed E-state index contributed by atoms with van der Waals surface area (Å²) in [7, 11) is 0. The van der Waals surface area contributed by atoms with Crippen LogP contribution in [0.1, 0.15) is 36.8 Å². The van der Waals surface area contributed by atoms with E-state index in [2.05, 4.69) is 54.6 Å². The van der Waals surface area contributed by atoms with Crippen LogP contribution >= 0.6 is 11.3 Å². The Labute approximate surface area is 128 Å². The van der Waals surface area contributed by atoms with Crippen molar-refractivity contribution in [2.24, 2.45) is 11.0 Å². The zero-order chi connectivity index (χ0) is 14.4. The second-order valence-corrected chi connectivity index (χ2v) is 6.86. The molecule has 21 heavy (non-hydrogen) atoms. The van der Waals surface area contributed by atoms with E-state index >= 15 is 0 Å². The number of thiophene rings is 1. The van der Waals surface area contributed by atoms with Gasteiger partial charge >= 0.3 is 0 Å². The van der Waals surface area contributed by atoms with Gasteiger partial charge in [-0.25, -0.2) is 5.01 Å². The average molecular weight is 298 g/mol. The third-order valence-corrected chi connectivity index (χ3v) is 5.02. The molecule has 108 valence electrons. The number of hydrogen-bond donors (Lipinski definition) is 0. The molecule has 4 rings (SSSR count). The molecule has 2 aliphatic rings. The zero-order valence-electron chi connectivity index (χ0n) is 12.2. The van der Waals surface area contributed by atoms with Crippen LogP contribution in [0, 0.1) is 5.92 Å². The van der Waals surface area contributed by atoms with Crippen LogP contribution in [0.3, 0.4) is 0 Å². The molecule has 0 unspecified atom stereocenters. The van der Waals surface area contributed by atoms with Crippen molar-refractivity contribution in [2.75, 3.05) is 0 Å². The van der Waals surface area contributed by atoms with E-state index in [9.17, 15) is 0 Å². The predicted molar refractivity (Wildman–Crippen MR) is 85.7 cm³/mol. The van der Waals surface area contributed by atoms with Crippen molar-refractivity contribution in [1.82, 2.24) is 5.01 Å². The first kappa shape index (κ1) is 12.9. The fourth-order valence-corrected chi connectivity index (χ4v) is 3.82. The standard InChI is InChI=1S/C17H18N2OS/c1-11(2)17-19-14(12-6-3-4-7-15(12)20-17)10-13(18-19)16-8-5-9-21-16/h3-9,11,14,17H,10H2,1-2H3/t14-,17-/m0/s1. The van der Waals surface area contributed by atoms with Gasteiger partial charge in [-0.1, -0.05) is 38.1 Å². The molecule has 0 saturated carbocycles. The highest BCUT2D eigenvalue weighted by atomic mass is 32.1. The fraction of sp³-hybridized carbons (Fsp3) is 0.353. The third-order valence-electron chi connectivity index (χ3n) is 4.10. The molecule has 0 saturated heterocycles. The summed E-state index contributed by atoms with van der Waals surface area (Å²) < 4.78 is 6.20. The minimum atomic E-state index is 0.0161. The number of benzene rings is 1. The molecule has 2 aromatic rings. The van der Waals surface area contributed by atoms with E-state index in [-0.39, 0.29) is 6.23 Å². The van der Waals surface area contributed by atoms with Crippen LogP contribution in [-0.4, -0.2) is 16.9 Å². The van der Waals surface area contributed by atoms with Gasteiger partial charge in [-0.2, -0.15) is 5.10 Å². The minimum Gasteiger partial charge on any atom is -0.468 e. The van der Waals surface area contributed by atoms with Crippen LogP contribution in [0.25, 0.3) is 0 Å². The highest BCUT2D eigenvalue weighted by molar-refractivity contribution is 7.12. The first-order valence-electron chi connectivity index (χ1n) is 7.39. The summed E-state index contributed by atoms with van der Waals surface area (Å²) in [5.74, 6) is 1.41. The Morgan fingerprint density at radius 2 is 2.10 bits per heavy atom. The van der Waals surface area contributed by atoms with E-state index in [4.69, 9.17) is 9.84 Å². The number of rotatable bonds is 2. The first-order chi connectivity index (χ1) is 10.2. The quantitative estimate of drug-likeness (QED) is 0.827. The largest absolute Gasteiger partial charge is 0.468 e. The van der Waals surface area contributed by atoms with Crippen molar-refractivity contribution >= 4 is 17.0 Å². The van der Waals surface area contributed by atoms with Crippen molar-refractivity contribution in [3.8, 4) is 5.75 Å². The van der Waals surface area contributed by atoms with E-state index in [0.29, 0.717) is 12.0 Å². The molecular formula is C17H18N2OS. The Bertz CT molecular complexity index is 678. The molecule has 2 atom stereocenters. The lowest BCUT2D eigenvalue weighted by Gasteiger charge is -2.39. The van der Waals surface area contributed by atoms with Gasteiger partial charge < -0.3 is 4.74 Å². The summed E-state index contributed by atoms with van der Waals surface area (Å²) in [4.78, 5) is 1.27. The van der Waals surface area contributed by atoms with Crippen LogP contribution in [0.2, 0.25) is 0 Å². The monoisotopic (exact) mass is 298 g/mol. The Hall–Kier alpha value is -1.81. The fourth-order valence-electron chi connectivity index (χ4n) is 3.09. The van der Waals surface area contributed by atoms with Crippen molar-refractivity contribution in [3.63, 3.8) is 0 Å². The number of hydrazone groups is 1. The van der Waals surface area contributed by atoms with Crippen LogP contribution in [0.5, 0.6) is 5.75 Å². The molecule has 4 heteroatoms. The molecule has 1 aromatic carbocycles. The van der Waals surface area contributed by atoms with Crippen molar-refractivity contribution in [3.05, 3.63) is 52.2 Å². The predicted octanol–water partition coefficient (Wildman–Crippen LogP) is 4.27. The molecule has 0 amide bonds. The second kappa shape index (κ2) is 4.88. The van der Waals surface area contributed by atoms with Crippen LogP contribution in [0.15, 0.2) is 46.9 Å². The molecule has 1 aromatic heterocycles. The maximum absolute atomic E-state index is 6.20.